The van der Waals surface area contributed by atoms with Gasteiger partial charge in [0.1, 0.15) is 0 Å². The molecule has 1 fully saturated rings. The molecule has 1 aromatic carbocycles. The predicted molar refractivity (Wildman–Crippen MR) is 86.9 cm³/mol. The van der Waals surface area contributed by atoms with Gasteiger partial charge in [-0.2, -0.15) is 0 Å². The van der Waals surface area contributed by atoms with E-state index >= 15 is 0 Å². The van der Waals surface area contributed by atoms with E-state index in [-0.39, 0.29) is 0 Å². The summed E-state index contributed by atoms with van der Waals surface area (Å²) in [5.41, 5.74) is 2.71. The van der Waals surface area contributed by atoms with Crippen molar-refractivity contribution in [1.29, 1.82) is 0 Å². The molecule has 1 saturated heterocycles. The van der Waals surface area contributed by atoms with E-state index < -0.39 is 0 Å². The topological polar surface area (TPSA) is 24.5 Å². The zero-order valence-corrected chi connectivity index (χ0v) is 13.9. The van der Waals surface area contributed by atoms with Crippen LogP contribution in [0.5, 0.6) is 0 Å². The number of halogens is 1. The Kier molecular flexibility index (Phi) is 7.00. The number of hydrogen-bond acceptors (Lipinski definition) is 3. The fourth-order valence-electron chi connectivity index (χ4n) is 2.44. The van der Waals surface area contributed by atoms with Crippen molar-refractivity contribution in [2.24, 2.45) is 0 Å². The number of ether oxygens (including phenoxy) is 1. The summed E-state index contributed by atoms with van der Waals surface area (Å²) in [6.07, 6.45) is 2.31. The molecule has 1 aliphatic heterocycles. The summed E-state index contributed by atoms with van der Waals surface area (Å²) in [6.45, 7) is 9.15. The molecule has 0 aliphatic carbocycles. The minimum Gasteiger partial charge on any atom is -0.380 e. The van der Waals surface area contributed by atoms with E-state index in [1.54, 1.807) is 0 Å². The molecule has 1 aliphatic rings. The number of nitrogens with one attached hydrogen (secondary N) is 1. The van der Waals surface area contributed by atoms with Crippen LogP contribution in [0.1, 0.15) is 30.9 Å². The van der Waals surface area contributed by atoms with Gasteiger partial charge in [-0.15, -0.1) is 0 Å². The summed E-state index contributed by atoms with van der Waals surface area (Å²) in [7, 11) is 0. The SMILES string of the molecule is CCCNCc1ccc(CN2CCCOCC2)c(Br)c1. The molecule has 4 heteroatoms. The van der Waals surface area contributed by atoms with Crippen molar-refractivity contribution in [1.82, 2.24) is 10.2 Å². The van der Waals surface area contributed by atoms with Crippen molar-refractivity contribution >= 4 is 15.9 Å². The van der Waals surface area contributed by atoms with Crippen molar-refractivity contribution in [3.05, 3.63) is 33.8 Å². The first-order chi connectivity index (χ1) is 9.79. The van der Waals surface area contributed by atoms with E-state index in [9.17, 15) is 0 Å². The Morgan fingerprint density at radius 3 is 3.00 bits per heavy atom. The molecule has 0 saturated carbocycles. The van der Waals surface area contributed by atoms with Crippen LogP contribution >= 0.6 is 15.9 Å². The Labute approximate surface area is 130 Å². The van der Waals surface area contributed by atoms with E-state index in [4.69, 9.17) is 4.74 Å². The zero-order valence-electron chi connectivity index (χ0n) is 12.3. The van der Waals surface area contributed by atoms with Gasteiger partial charge in [-0.25, -0.2) is 0 Å². The van der Waals surface area contributed by atoms with Crippen LogP contribution in [0, 0.1) is 0 Å². The predicted octanol–water partition coefficient (Wildman–Crippen LogP) is 3.17. The number of nitrogens with zero attached hydrogens (tertiary/aromatic N) is 1. The van der Waals surface area contributed by atoms with Crippen LogP contribution in [0.2, 0.25) is 0 Å². The zero-order chi connectivity index (χ0) is 14.2. The molecule has 1 aromatic rings. The molecule has 0 unspecified atom stereocenters. The van der Waals surface area contributed by atoms with Gasteiger partial charge < -0.3 is 10.1 Å². The maximum absolute atomic E-state index is 5.51. The third kappa shape index (κ3) is 5.17. The highest BCUT2D eigenvalue weighted by atomic mass is 79.9. The second-order valence-corrected chi connectivity index (χ2v) is 6.20. The van der Waals surface area contributed by atoms with Gasteiger partial charge >= 0.3 is 0 Å². The van der Waals surface area contributed by atoms with Crippen LogP contribution in [0.4, 0.5) is 0 Å². The molecule has 3 nitrogen and oxygen atoms in total. The highest BCUT2D eigenvalue weighted by Crippen LogP contribution is 2.21. The van der Waals surface area contributed by atoms with Gasteiger partial charge in [0.25, 0.3) is 0 Å². The summed E-state index contributed by atoms with van der Waals surface area (Å²) in [6, 6.07) is 6.72. The van der Waals surface area contributed by atoms with Crippen molar-refractivity contribution in [3.63, 3.8) is 0 Å². The van der Waals surface area contributed by atoms with Gasteiger partial charge in [-0.1, -0.05) is 35.0 Å². The summed E-state index contributed by atoms with van der Waals surface area (Å²) in [5.74, 6) is 0. The van der Waals surface area contributed by atoms with E-state index in [1.807, 2.05) is 0 Å². The van der Waals surface area contributed by atoms with Gasteiger partial charge in [0, 0.05) is 37.3 Å². The highest BCUT2D eigenvalue weighted by molar-refractivity contribution is 9.10. The van der Waals surface area contributed by atoms with Crippen molar-refractivity contribution < 1.29 is 4.74 Å². The lowest BCUT2D eigenvalue weighted by molar-refractivity contribution is 0.140. The van der Waals surface area contributed by atoms with Gasteiger partial charge in [-0.05, 0) is 36.6 Å². The van der Waals surface area contributed by atoms with Crippen molar-refractivity contribution in [2.45, 2.75) is 32.9 Å². The van der Waals surface area contributed by atoms with E-state index in [2.05, 4.69) is 51.3 Å². The third-order valence-corrected chi connectivity index (χ3v) is 4.32. The Bertz CT molecular complexity index is 403. The van der Waals surface area contributed by atoms with Crippen LogP contribution in [-0.4, -0.2) is 37.7 Å². The van der Waals surface area contributed by atoms with Crippen LogP contribution in [0.3, 0.4) is 0 Å². The molecule has 1 N–H and O–H groups in total. The Morgan fingerprint density at radius 2 is 2.20 bits per heavy atom. The number of benzene rings is 1. The molecule has 0 aromatic heterocycles. The minimum absolute atomic E-state index is 0.858. The second kappa shape index (κ2) is 8.78. The summed E-state index contributed by atoms with van der Waals surface area (Å²) >= 11 is 3.72. The van der Waals surface area contributed by atoms with Gasteiger partial charge in [0.15, 0.2) is 0 Å². The smallest absolute Gasteiger partial charge is 0.0593 e. The summed E-state index contributed by atoms with van der Waals surface area (Å²) in [4.78, 5) is 2.47. The van der Waals surface area contributed by atoms with Crippen molar-refractivity contribution in [2.75, 3.05) is 32.8 Å². The Morgan fingerprint density at radius 1 is 1.30 bits per heavy atom. The summed E-state index contributed by atoms with van der Waals surface area (Å²) in [5, 5.41) is 3.44. The standard InChI is InChI=1S/C16H25BrN2O/c1-2-6-18-12-14-4-5-15(16(17)11-14)13-19-7-3-9-20-10-8-19/h4-5,11,18H,2-3,6-10,12-13H2,1H3. The lowest BCUT2D eigenvalue weighted by Crippen LogP contribution is -2.26. The number of rotatable bonds is 6. The van der Waals surface area contributed by atoms with Gasteiger partial charge in [-0.3, -0.25) is 4.90 Å². The minimum atomic E-state index is 0.858. The number of hydrogen-bond donors (Lipinski definition) is 1. The highest BCUT2D eigenvalue weighted by Gasteiger charge is 2.11. The molecular weight excluding hydrogens is 316 g/mol. The molecule has 112 valence electrons. The van der Waals surface area contributed by atoms with Crippen LogP contribution in [0.25, 0.3) is 0 Å². The fourth-order valence-corrected chi connectivity index (χ4v) is 2.99. The monoisotopic (exact) mass is 340 g/mol. The first kappa shape index (κ1) is 16.0. The van der Waals surface area contributed by atoms with E-state index in [1.165, 1.54) is 22.0 Å². The molecule has 0 radical (unpaired) electrons. The molecular formula is C16H25BrN2O. The van der Waals surface area contributed by atoms with Gasteiger partial charge in [0.2, 0.25) is 0 Å². The third-order valence-electron chi connectivity index (χ3n) is 3.58. The molecule has 0 spiro atoms. The van der Waals surface area contributed by atoms with E-state index in [0.717, 1.165) is 52.4 Å². The fraction of sp³-hybridized carbons (Fsp3) is 0.625. The quantitative estimate of drug-likeness (QED) is 0.805. The molecule has 0 atom stereocenters. The maximum atomic E-state index is 5.51. The average Bonchev–Trinajstić information content (AvgIpc) is 2.71. The van der Waals surface area contributed by atoms with Crippen LogP contribution in [-0.2, 0) is 17.8 Å². The maximum Gasteiger partial charge on any atom is 0.0593 e. The first-order valence-corrected chi connectivity index (χ1v) is 8.37. The molecule has 2 rings (SSSR count). The lowest BCUT2D eigenvalue weighted by Gasteiger charge is -2.20. The van der Waals surface area contributed by atoms with E-state index in [0.29, 0.717) is 0 Å². The largest absolute Gasteiger partial charge is 0.380 e. The second-order valence-electron chi connectivity index (χ2n) is 5.34. The molecule has 20 heavy (non-hydrogen) atoms. The van der Waals surface area contributed by atoms with Crippen LogP contribution in [0.15, 0.2) is 22.7 Å². The average molecular weight is 341 g/mol. The molecule has 0 bridgehead atoms. The first-order valence-electron chi connectivity index (χ1n) is 7.57. The Hall–Kier alpha value is -0.420. The normalized spacial score (nSPS) is 17.1. The van der Waals surface area contributed by atoms with Crippen molar-refractivity contribution in [3.8, 4) is 0 Å². The molecule has 0 amide bonds. The lowest BCUT2D eigenvalue weighted by atomic mass is 10.1. The summed E-state index contributed by atoms with van der Waals surface area (Å²) < 4.78 is 6.73. The Balaban J connectivity index is 1.91. The van der Waals surface area contributed by atoms with Gasteiger partial charge in [0.05, 0.1) is 6.61 Å². The van der Waals surface area contributed by atoms with Crippen LogP contribution < -0.4 is 5.32 Å². The molecule has 1 heterocycles.